The van der Waals surface area contributed by atoms with Gasteiger partial charge in [-0.1, -0.05) is 25.5 Å². The van der Waals surface area contributed by atoms with Crippen LogP contribution in [0.4, 0.5) is 4.39 Å². The summed E-state index contributed by atoms with van der Waals surface area (Å²) in [5.74, 6) is -0.201. The average Bonchev–Trinajstić information content (AvgIpc) is 2.20. The molecule has 16 heavy (non-hydrogen) atoms. The van der Waals surface area contributed by atoms with Gasteiger partial charge in [-0.15, -0.1) is 6.54 Å². The van der Waals surface area contributed by atoms with E-state index in [-0.39, 0.29) is 44.4 Å². The van der Waals surface area contributed by atoms with Gasteiger partial charge in [0, 0.05) is 38.3 Å². The standard InChI is InChI=1S/C12H15FNO.Y/c1-8(2)11-4-9(6-14-3)10(7-15)5-12(11)13;/h4-5,7-8H,6H2,1-3H3;/q-1;. The molecule has 0 aliphatic heterocycles. The van der Waals surface area contributed by atoms with Crippen LogP contribution in [-0.2, 0) is 39.3 Å². The van der Waals surface area contributed by atoms with Crippen LogP contribution in [0.15, 0.2) is 12.1 Å². The van der Waals surface area contributed by atoms with Gasteiger partial charge in [-0.25, -0.2) is 4.39 Å². The molecule has 1 aromatic rings. The second-order valence-corrected chi connectivity index (χ2v) is 3.82. The topological polar surface area (TPSA) is 31.2 Å². The molecule has 0 atom stereocenters. The fourth-order valence-electron chi connectivity index (χ4n) is 1.51. The summed E-state index contributed by atoms with van der Waals surface area (Å²) >= 11 is 0. The van der Waals surface area contributed by atoms with Crippen LogP contribution in [0.5, 0.6) is 0 Å². The van der Waals surface area contributed by atoms with Crippen molar-refractivity contribution in [3.63, 3.8) is 0 Å². The van der Waals surface area contributed by atoms with E-state index in [1.54, 1.807) is 13.1 Å². The normalized spacial score (nSPS) is 10.1. The van der Waals surface area contributed by atoms with E-state index in [0.29, 0.717) is 24.0 Å². The number of halogens is 1. The van der Waals surface area contributed by atoms with Crippen LogP contribution in [0.3, 0.4) is 0 Å². The first-order chi connectivity index (χ1) is 7.10. The van der Waals surface area contributed by atoms with Crippen LogP contribution in [0, 0.1) is 5.82 Å². The van der Waals surface area contributed by atoms with E-state index < -0.39 is 0 Å². The van der Waals surface area contributed by atoms with Crippen LogP contribution < -0.4 is 0 Å². The zero-order valence-electron chi connectivity index (χ0n) is 9.83. The molecule has 4 heteroatoms. The van der Waals surface area contributed by atoms with Crippen LogP contribution in [0.25, 0.3) is 5.32 Å². The Balaban J connectivity index is 0.00000225. The summed E-state index contributed by atoms with van der Waals surface area (Å²) in [5.41, 5.74) is 1.82. The summed E-state index contributed by atoms with van der Waals surface area (Å²) in [6.45, 7) is 4.30. The van der Waals surface area contributed by atoms with Crippen molar-refractivity contribution in [1.82, 2.24) is 0 Å². The Hall–Kier alpha value is -0.116. The molecule has 0 aliphatic carbocycles. The molecular weight excluding hydrogens is 282 g/mol. The zero-order chi connectivity index (χ0) is 11.4. The minimum atomic E-state index is -0.313. The zero-order valence-corrected chi connectivity index (χ0v) is 12.7. The SMILES string of the molecule is C[N-]Cc1cc(C(C)C)c(F)cc1C=O.[Y]. The molecule has 0 N–H and O–H groups in total. The number of rotatable bonds is 4. The maximum atomic E-state index is 13.5. The summed E-state index contributed by atoms with van der Waals surface area (Å²) < 4.78 is 13.5. The summed E-state index contributed by atoms with van der Waals surface area (Å²) in [7, 11) is 1.67. The molecule has 2 nitrogen and oxygen atoms in total. The molecule has 0 spiro atoms. The first kappa shape index (κ1) is 15.9. The Bertz CT molecular complexity index is 366. The van der Waals surface area contributed by atoms with Gasteiger partial charge in [-0.3, -0.25) is 4.79 Å². The van der Waals surface area contributed by atoms with E-state index >= 15 is 0 Å². The number of benzene rings is 1. The van der Waals surface area contributed by atoms with Gasteiger partial charge < -0.3 is 5.32 Å². The number of carbonyl (C=O) groups is 1. The molecule has 0 saturated carbocycles. The Morgan fingerprint density at radius 1 is 1.44 bits per heavy atom. The maximum absolute atomic E-state index is 13.5. The summed E-state index contributed by atoms with van der Waals surface area (Å²) in [6.07, 6.45) is 0.674. The molecule has 0 aliphatic rings. The Labute approximate surface area is 121 Å². The van der Waals surface area contributed by atoms with Crippen molar-refractivity contribution in [3.8, 4) is 0 Å². The molecule has 1 aromatic carbocycles. The number of hydrogen-bond donors (Lipinski definition) is 0. The molecule has 0 amide bonds. The van der Waals surface area contributed by atoms with E-state index in [0.717, 1.165) is 5.56 Å². The van der Waals surface area contributed by atoms with Crippen molar-refractivity contribution in [2.24, 2.45) is 0 Å². The molecule has 0 saturated heterocycles. The Morgan fingerprint density at radius 2 is 2.06 bits per heavy atom. The van der Waals surface area contributed by atoms with Gasteiger partial charge >= 0.3 is 0 Å². The Kier molecular flexibility index (Phi) is 7.20. The van der Waals surface area contributed by atoms with Crippen molar-refractivity contribution in [2.45, 2.75) is 26.3 Å². The van der Waals surface area contributed by atoms with Gasteiger partial charge in [-0.05, 0) is 17.5 Å². The van der Waals surface area contributed by atoms with Gasteiger partial charge in [0.1, 0.15) is 12.1 Å². The van der Waals surface area contributed by atoms with Gasteiger partial charge in [-0.2, -0.15) is 7.05 Å². The van der Waals surface area contributed by atoms with Crippen molar-refractivity contribution in [3.05, 3.63) is 40.0 Å². The molecule has 0 aromatic heterocycles. The van der Waals surface area contributed by atoms with Crippen LogP contribution in [0.1, 0.15) is 41.3 Å². The molecule has 0 unspecified atom stereocenters. The predicted octanol–water partition coefficient (Wildman–Crippen LogP) is 3.26. The molecular formula is C12H15FNOY-. The number of nitrogens with zero attached hydrogens (tertiary/aromatic N) is 1. The summed E-state index contributed by atoms with van der Waals surface area (Å²) in [4.78, 5) is 10.7. The maximum Gasteiger partial charge on any atom is 0.150 e. The van der Waals surface area contributed by atoms with E-state index in [1.807, 2.05) is 13.8 Å². The van der Waals surface area contributed by atoms with E-state index in [1.165, 1.54) is 6.07 Å². The molecule has 0 fully saturated rings. The van der Waals surface area contributed by atoms with E-state index in [4.69, 9.17) is 0 Å². The number of aldehydes is 1. The molecule has 85 valence electrons. The smallest absolute Gasteiger partial charge is 0.150 e. The third-order valence-electron chi connectivity index (χ3n) is 2.34. The largest absolute Gasteiger partial charge is 0.661 e. The van der Waals surface area contributed by atoms with Crippen LogP contribution >= 0.6 is 0 Å². The molecule has 0 heterocycles. The van der Waals surface area contributed by atoms with Crippen molar-refractivity contribution in [2.75, 3.05) is 7.05 Å². The molecule has 0 bridgehead atoms. The fourth-order valence-corrected chi connectivity index (χ4v) is 1.51. The van der Waals surface area contributed by atoms with Crippen LogP contribution in [-0.4, -0.2) is 13.3 Å². The predicted molar refractivity (Wildman–Crippen MR) is 58.9 cm³/mol. The van der Waals surface area contributed by atoms with Crippen molar-refractivity contribution >= 4 is 6.29 Å². The van der Waals surface area contributed by atoms with Crippen LogP contribution in [0.2, 0.25) is 0 Å². The van der Waals surface area contributed by atoms with Gasteiger partial charge in [0.2, 0.25) is 0 Å². The van der Waals surface area contributed by atoms with Crippen molar-refractivity contribution in [1.29, 1.82) is 0 Å². The van der Waals surface area contributed by atoms with Gasteiger partial charge in [0.15, 0.2) is 0 Å². The second kappa shape index (κ2) is 7.26. The fraction of sp³-hybridized carbons (Fsp3) is 0.417. The average molecular weight is 297 g/mol. The molecule has 1 rings (SSSR count). The van der Waals surface area contributed by atoms with Gasteiger partial charge in [0.25, 0.3) is 0 Å². The monoisotopic (exact) mass is 297 g/mol. The summed E-state index contributed by atoms with van der Waals surface area (Å²) in [6, 6.07) is 3.03. The summed E-state index contributed by atoms with van der Waals surface area (Å²) in [5, 5.41) is 3.96. The minimum absolute atomic E-state index is 0. The van der Waals surface area contributed by atoms with Gasteiger partial charge in [0.05, 0.1) is 0 Å². The second-order valence-electron chi connectivity index (χ2n) is 3.82. The minimum Gasteiger partial charge on any atom is -0.661 e. The third kappa shape index (κ3) is 3.72. The van der Waals surface area contributed by atoms with Crippen molar-refractivity contribution < 1.29 is 41.9 Å². The first-order valence-electron chi connectivity index (χ1n) is 4.93. The number of hydrogen-bond acceptors (Lipinski definition) is 1. The first-order valence-corrected chi connectivity index (χ1v) is 4.93. The number of carbonyl (C=O) groups excluding carboxylic acids is 1. The van der Waals surface area contributed by atoms with E-state index in [2.05, 4.69) is 5.32 Å². The molecule has 1 radical (unpaired) electrons. The van der Waals surface area contributed by atoms with E-state index in [9.17, 15) is 9.18 Å². The Morgan fingerprint density at radius 3 is 2.50 bits per heavy atom. The quantitative estimate of drug-likeness (QED) is 0.785. The third-order valence-corrected chi connectivity index (χ3v) is 2.34.